The number of ether oxygens (including phenoxy) is 1. The van der Waals surface area contributed by atoms with Crippen LogP contribution in [0.3, 0.4) is 0 Å². The standard InChI is InChI=1S/C7H5F2NO3/c8-4-1-3(13-7(10)12)2-5(9)6(4)11/h1-2,11H,(H2,10,12). The number of primary amides is 1. The molecule has 0 aliphatic rings. The van der Waals surface area contributed by atoms with Crippen molar-refractivity contribution in [2.24, 2.45) is 5.73 Å². The summed E-state index contributed by atoms with van der Waals surface area (Å²) in [6, 6.07) is 1.28. The highest BCUT2D eigenvalue weighted by Gasteiger charge is 2.11. The van der Waals surface area contributed by atoms with E-state index >= 15 is 0 Å². The summed E-state index contributed by atoms with van der Waals surface area (Å²) in [7, 11) is 0. The Balaban J connectivity index is 3.06. The van der Waals surface area contributed by atoms with Gasteiger partial charge in [-0.25, -0.2) is 13.6 Å². The lowest BCUT2D eigenvalue weighted by atomic mass is 10.3. The van der Waals surface area contributed by atoms with Crippen LogP contribution in [0.1, 0.15) is 0 Å². The van der Waals surface area contributed by atoms with Crippen LogP contribution >= 0.6 is 0 Å². The number of aromatic hydroxyl groups is 1. The Morgan fingerprint density at radius 1 is 1.38 bits per heavy atom. The van der Waals surface area contributed by atoms with E-state index in [0.29, 0.717) is 12.1 Å². The van der Waals surface area contributed by atoms with Gasteiger partial charge < -0.3 is 15.6 Å². The number of benzene rings is 1. The molecule has 6 heteroatoms. The number of phenolic OH excluding ortho intramolecular Hbond substituents is 1. The molecule has 3 N–H and O–H groups in total. The van der Waals surface area contributed by atoms with Crippen molar-refractivity contribution in [1.82, 2.24) is 0 Å². The second-order valence-electron chi connectivity index (χ2n) is 2.16. The molecule has 0 aliphatic heterocycles. The van der Waals surface area contributed by atoms with Gasteiger partial charge in [0.05, 0.1) is 0 Å². The number of hydrogen-bond donors (Lipinski definition) is 2. The van der Waals surface area contributed by atoms with Gasteiger partial charge in [0.25, 0.3) is 0 Å². The zero-order chi connectivity index (χ0) is 10.0. The maximum absolute atomic E-state index is 12.6. The molecule has 13 heavy (non-hydrogen) atoms. The number of rotatable bonds is 1. The number of carbonyl (C=O) groups excluding carboxylic acids is 1. The number of nitrogens with two attached hydrogens (primary N) is 1. The van der Waals surface area contributed by atoms with Crippen LogP contribution in [-0.4, -0.2) is 11.2 Å². The Labute approximate surface area is 71.5 Å². The molecule has 0 saturated carbocycles. The van der Waals surface area contributed by atoms with Crippen molar-refractivity contribution in [2.45, 2.75) is 0 Å². The van der Waals surface area contributed by atoms with E-state index in [0.717, 1.165) is 0 Å². The average Bonchev–Trinajstić information content (AvgIpc) is 1.98. The number of carbonyl (C=O) groups is 1. The average molecular weight is 189 g/mol. The predicted octanol–water partition coefficient (Wildman–Crippen LogP) is 1.13. The van der Waals surface area contributed by atoms with Crippen molar-refractivity contribution < 1.29 is 23.4 Å². The summed E-state index contributed by atoms with van der Waals surface area (Å²) in [6.07, 6.45) is -1.19. The third-order valence-electron chi connectivity index (χ3n) is 1.21. The highest BCUT2D eigenvalue weighted by atomic mass is 19.1. The maximum atomic E-state index is 12.6. The molecule has 0 spiro atoms. The minimum absolute atomic E-state index is 0.402. The first-order valence-electron chi connectivity index (χ1n) is 3.16. The van der Waals surface area contributed by atoms with Gasteiger partial charge in [-0.05, 0) is 0 Å². The first-order chi connectivity index (χ1) is 6.00. The smallest absolute Gasteiger partial charge is 0.409 e. The minimum atomic E-state index is -1.23. The van der Waals surface area contributed by atoms with Gasteiger partial charge in [0.15, 0.2) is 17.4 Å². The van der Waals surface area contributed by atoms with Gasteiger partial charge in [-0.2, -0.15) is 0 Å². The van der Waals surface area contributed by atoms with E-state index < -0.39 is 29.2 Å². The van der Waals surface area contributed by atoms with Crippen molar-refractivity contribution in [3.8, 4) is 11.5 Å². The van der Waals surface area contributed by atoms with Crippen molar-refractivity contribution >= 4 is 6.09 Å². The van der Waals surface area contributed by atoms with Crippen molar-refractivity contribution in [3.05, 3.63) is 23.8 Å². The van der Waals surface area contributed by atoms with Gasteiger partial charge in [-0.15, -0.1) is 0 Å². The molecular formula is C7H5F2NO3. The van der Waals surface area contributed by atoms with Gasteiger partial charge >= 0.3 is 6.09 Å². The highest BCUT2D eigenvalue weighted by molar-refractivity contribution is 5.68. The van der Waals surface area contributed by atoms with Gasteiger partial charge in [0.2, 0.25) is 0 Å². The largest absolute Gasteiger partial charge is 0.503 e. The lowest BCUT2D eigenvalue weighted by Crippen LogP contribution is -2.16. The first kappa shape index (κ1) is 9.24. The van der Waals surface area contributed by atoms with E-state index in [1.165, 1.54) is 0 Å². The van der Waals surface area contributed by atoms with Crippen LogP contribution in [0.25, 0.3) is 0 Å². The molecule has 1 aromatic rings. The molecular weight excluding hydrogens is 184 g/mol. The molecule has 1 aromatic carbocycles. The molecule has 0 atom stereocenters. The lowest BCUT2D eigenvalue weighted by molar-refractivity contribution is 0.210. The maximum Gasteiger partial charge on any atom is 0.409 e. The van der Waals surface area contributed by atoms with Gasteiger partial charge in [0.1, 0.15) is 5.75 Å². The molecule has 0 fully saturated rings. The minimum Gasteiger partial charge on any atom is -0.503 e. The van der Waals surface area contributed by atoms with Gasteiger partial charge in [0, 0.05) is 12.1 Å². The molecule has 0 saturated heterocycles. The predicted molar refractivity (Wildman–Crippen MR) is 38.2 cm³/mol. The Morgan fingerprint density at radius 2 is 1.85 bits per heavy atom. The highest BCUT2D eigenvalue weighted by Crippen LogP contribution is 2.25. The van der Waals surface area contributed by atoms with E-state index in [9.17, 15) is 13.6 Å². The molecule has 0 bridgehead atoms. The Morgan fingerprint density at radius 3 is 2.23 bits per heavy atom. The van der Waals surface area contributed by atoms with Crippen LogP contribution in [0.4, 0.5) is 13.6 Å². The fourth-order valence-corrected chi connectivity index (χ4v) is 0.717. The van der Waals surface area contributed by atoms with E-state index in [1.807, 2.05) is 0 Å². The van der Waals surface area contributed by atoms with Crippen LogP contribution in [0.2, 0.25) is 0 Å². The number of hydrogen-bond acceptors (Lipinski definition) is 3. The molecule has 0 heterocycles. The van der Waals surface area contributed by atoms with Crippen LogP contribution in [-0.2, 0) is 0 Å². The summed E-state index contributed by atoms with van der Waals surface area (Å²) in [5.41, 5.74) is 4.59. The Kier molecular flexibility index (Phi) is 2.32. The van der Waals surface area contributed by atoms with Crippen LogP contribution in [0, 0.1) is 11.6 Å². The van der Waals surface area contributed by atoms with Crippen molar-refractivity contribution in [2.75, 3.05) is 0 Å². The lowest BCUT2D eigenvalue weighted by Gasteiger charge is -2.02. The molecule has 0 unspecified atom stereocenters. The van der Waals surface area contributed by atoms with Crippen LogP contribution < -0.4 is 10.5 Å². The molecule has 1 amide bonds. The second-order valence-corrected chi connectivity index (χ2v) is 2.16. The zero-order valence-corrected chi connectivity index (χ0v) is 6.25. The summed E-state index contributed by atoms with van der Waals surface area (Å²) in [5.74, 6) is -3.98. The molecule has 4 nitrogen and oxygen atoms in total. The SMILES string of the molecule is NC(=O)Oc1cc(F)c(O)c(F)c1. The third-order valence-corrected chi connectivity index (χ3v) is 1.21. The third kappa shape index (κ3) is 2.05. The molecule has 1 rings (SSSR count). The summed E-state index contributed by atoms with van der Waals surface area (Å²) < 4.78 is 29.3. The van der Waals surface area contributed by atoms with Crippen molar-refractivity contribution in [1.29, 1.82) is 0 Å². The van der Waals surface area contributed by atoms with Gasteiger partial charge in [-0.3, -0.25) is 0 Å². The van der Waals surface area contributed by atoms with Crippen LogP contribution in [0.15, 0.2) is 12.1 Å². The van der Waals surface area contributed by atoms with E-state index in [4.69, 9.17) is 5.11 Å². The van der Waals surface area contributed by atoms with E-state index in [1.54, 1.807) is 0 Å². The zero-order valence-electron chi connectivity index (χ0n) is 6.25. The summed E-state index contributed by atoms with van der Waals surface area (Å²) in [5, 5.41) is 8.64. The summed E-state index contributed by atoms with van der Waals surface area (Å²) in [4.78, 5) is 10.2. The molecule has 0 radical (unpaired) electrons. The fourth-order valence-electron chi connectivity index (χ4n) is 0.717. The van der Waals surface area contributed by atoms with Gasteiger partial charge in [-0.1, -0.05) is 0 Å². The van der Waals surface area contributed by atoms with Crippen LogP contribution in [0.5, 0.6) is 11.5 Å². The topological polar surface area (TPSA) is 72.6 Å². The molecule has 70 valence electrons. The summed E-state index contributed by atoms with van der Waals surface area (Å²) in [6.45, 7) is 0. The number of phenols is 1. The molecule has 0 aromatic heterocycles. The van der Waals surface area contributed by atoms with E-state index in [-0.39, 0.29) is 0 Å². The number of halogens is 2. The number of amides is 1. The Hall–Kier alpha value is -1.85. The second kappa shape index (κ2) is 3.26. The fraction of sp³-hybridized carbons (Fsp3) is 0. The normalized spacial score (nSPS) is 9.69. The van der Waals surface area contributed by atoms with E-state index in [2.05, 4.69) is 10.5 Å². The summed E-state index contributed by atoms with van der Waals surface area (Å²) >= 11 is 0. The quantitative estimate of drug-likeness (QED) is 0.695. The Bertz CT molecular complexity index is 331. The van der Waals surface area contributed by atoms with Crippen molar-refractivity contribution in [3.63, 3.8) is 0 Å². The molecule has 0 aliphatic carbocycles. The monoisotopic (exact) mass is 189 g/mol. The first-order valence-corrected chi connectivity index (χ1v) is 3.16.